The zero-order valence-electron chi connectivity index (χ0n) is 15.0. The second-order valence-electron chi connectivity index (χ2n) is 6.62. The molecule has 1 aromatic heterocycles. The molecule has 1 aliphatic rings. The highest BCUT2D eigenvalue weighted by Gasteiger charge is 2.13. The highest BCUT2D eigenvalue weighted by atomic mass is 16.6. The van der Waals surface area contributed by atoms with Crippen LogP contribution in [0.5, 0.6) is 11.5 Å². The Morgan fingerprint density at radius 2 is 1.89 bits per heavy atom. The number of benzene rings is 2. The van der Waals surface area contributed by atoms with E-state index >= 15 is 0 Å². The van der Waals surface area contributed by atoms with Crippen LogP contribution in [-0.4, -0.2) is 24.1 Å². The third-order valence-corrected chi connectivity index (χ3v) is 4.53. The molecular weight excluding hydrogens is 344 g/mol. The molecule has 0 fully saturated rings. The number of anilines is 1. The molecule has 3 aromatic rings. The van der Waals surface area contributed by atoms with Crippen molar-refractivity contribution in [2.75, 3.05) is 18.5 Å². The number of hydrogen-bond acceptors (Lipinski definition) is 4. The lowest BCUT2D eigenvalue weighted by Crippen LogP contribution is -2.18. The number of aromatic nitrogens is 1. The predicted octanol–water partition coefficient (Wildman–Crippen LogP) is 3.18. The van der Waals surface area contributed by atoms with E-state index in [1.807, 2.05) is 31.2 Å². The van der Waals surface area contributed by atoms with Crippen molar-refractivity contribution >= 4 is 22.5 Å². The van der Waals surface area contributed by atoms with Gasteiger partial charge in [-0.1, -0.05) is 12.1 Å². The van der Waals surface area contributed by atoms with E-state index in [9.17, 15) is 9.59 Å². The summed E-state index contributed by atoms with van der Waals surface area (Å²) in [5.41, 5.74) is 2.99. The van der Waals surface area contributed by atoms with Crippen LogP contribution >= 0.6 is 0 Å². The van der Waals surface area contributed by atoms with Gasteiger partial charge in [0.25, 0.3) is 5.56 Å². The molecule has 0 bridgehead atoms. The molecule has 0 saturated carbocycles. The number of aryl methyl sites for hydroxylation is 2. The first-order valence-corrected chi connectivity index (χ1v) is 8.90. The van der Waals surface area contributed by atoms with Gasteiger partial charge < -0.3 is 19.8 Å². The highest BCUT2D eigenvalue weighted by Crippen LogP contribution is 2.32. The van der Waals surface area contributed by atoms with Crippen LogP contribution in [0.2, 0.25) is 0 Å². The molecule has 1 amide bonds. The predicted molar refractivity (Wildman–Crippen MR) is 104 cm³/mol. The standard InChI is InChI=1S/C21H20N2O4/c1-13-2-3-14-11-15(21(25)23-17(14)10-13)4-7-20(24)22-16-5-6-18-19(12-16)27-9-8-26-18/h2-3,5-6,10-12H,4,7-9H2,1H3,(H,22,24)(H,23,25). The van der Waals surface area contributed by atoms with Gasteiger partial charge in [0.05, 0.1) is 0 Å². The SMILES string of the molecule is Cc1ccc2cc(CCC(=O)Nc3ccc4c(c3)OCCO4)c(=O)[nH]c2c1. The van der Waals surface area contributed by atoms with E-state index in [0.717, 1.165) is 16.5 Å². The first kappa shape index (κ1) is 17.1. The summed E-state index contributed by atoms with van der Waals surface area (Å²) >= 11 is 0. The molecule has 6 nitrogen and oxygen atoms in total. The normalized spacial score (nSPS) is 12.8. The number of hydrogen-bond donors (Lipinski definition) is 2. The number of aromatic amines is 1. The van der Waals surface area contributed by atoms with Crippen LogP contribution in [0.3, 0.4) is 0 Å². The zero-order valence-corrected chi connectivity index (χ0v) is 15.0. The van der Waals surface area contributed by atoms with Gasteiger partial charge in [0, 0.05) is 29.3 Å². The Morgan fingerprint density at radius 3 is 2.74 bits per heavy atom. The van der Waals surface area contributed by atoms with Crippen molar-refractivity contribution < 1.29 is 14.3 Å². The van der Waals surface area contributed by atoms with Gasteiger partial charge in [0.1, 0.15) is 13.2 Å². The number of amides is 1. The lowest BCUT2D eigenvalue weighted by Gasteiger charge is -2.19. The smallest absolute Gasteiger partial charge is 0.251 e. The van der Waals surface area contributed by atoms with E-state index in [-0.39, 0.29) is 17.9 Å². The zero-order chi connectivity index (χ0) is 18.8. The lowest BCUT2D eigenvalue weighted by atomic mass is 10.1. The van der Waals surface area contributed by atoms with E-state index < -0.39 is 0 Å². The van der Waals surface area contributed by atoms with E-state index in [4.69, 9.17) is 9.47 Å². The minimum Gasteiger partial charge on any atom is -0.486 e. The number of carbonyl (C=O) groups is 1. The summed E-state index contributed by atoms with van der Waals surface area (Å²) in [5, 5.41) is 3.80. The summed E-state index contributed by atoms with van der Waals surface area (Å²) in [6.07, 6.45) is 0.588. The molecule has 138 valence electrons. The Morgan fingerprint density at radius 1 is 1.07 bits per heavy atom. The number of ether oxygens (including phenoxy) is 2. The van der Waals surface area contributed by atoms with Crippen LogP contribution in [-0.2, 0) is 11.2 Å². The number of nitrogens with one attached hydrogen (secondary N) is 2. The van der Waals surface area contributed by atoms with Crippen molar-refractivity contribution in [3.63, 3.8) is 0 Å². The summed E-state index contributed by atoms with van der Waals surface area (Å²) in [5.74, 6) is 1.15. The maximum absolute atomic E-state index is 12.3. The number of fused-ring (bicyclic) bond motifs is 2. The Hall–Kier alpha value is -3.28. The summed E-state index contributed by atoms with van der Waals surface area (Å²) < 4.78 is 11.0. The summed E-state index contributed by atoms with van der Waals surface area (Å²) in [7, 11) is 0. The molecule has 1 aliphatic heterocycles. The van der Waals surface area contributed by atoms with Gasteiger partial charge in [-0.15, -0.1) is 0 Å². The van der Waals surface area contributed by atoms with Gasteiger partial charge in [-0.3, -0.25) is 9.59 Å². The summed E-state index contributed by atoms with van der Waals surface area (Å²) in [6, 6.07) is 13.1. The fraction of sp³-hybridized carbons (Fsp3) is 0.238. The molecule has 0 atom stereocenters. The third-order valence-electron chi connectivity index (χ3n) is 4.53. The molecular formula is C21H20N2O4. The highest BCUT2D eigenvalue weighted by molar-refractivity contribution is 5.91. The van der Waals surface area contributed by atoms with Crippen molar-refractivity contribution in [2.24, 2.45) is 0 Å². The van der Waals surface area contributed by atoms with Crippen molar-refractivity contribution in [3.05, 3.63) is 63.9 Å². The quantitative estimate of drug-likeness (QED) is 0.745. The van der Waals surface area contributed by atoms with Crippen LogP contribution in [0, 0.1) is 6.92 Å². The third kappa shape index (κ3) is 3.79. The van der Waals surface area contributed by atoms with E-state index in [0.29, 0.717) is 42.4 Å². The average molecular weight is 364 g/mol. The number of H-pyrrole nitrogens is 1. The molecule has 4 rings (SSSR count). The van der Waals surface area contributed by atoms with Gasteiger partial charge in [-0.2, -0.15) is 0 Å². The summed E-state index contributed by atoms with van der Waals surface area (Å²) in [4.78, 5) is 27.4. The van der Waals surface area contributed by atoms with Gasteiger partial charge in [0.15, 0.2) is 11.5 Å². The first-order chi connectivity index (χ1) is 13.1. The molecule has 2 aromatic carbocycles. The van der Waals surface area contributed by atoms with Crippen molar-refractivity contribution in [1.82, 2.24) is 4.98 Å². The average Bonchev–Trinajstić information content (AvgIpc) is 2.66. The van der Waals surface area contributed by atoms with E-state index in [2.05, 4.69) is 10.3 Å². The number of rotatable bonds is 4. The molecule has 6 heteroatoms. The monoisotopic (exact) mass is 364 g/mol. The second kappa shape index (κ2) is 7.15. The molecule has 2 heterocycles. The molecule has 0 aliphatic carbocycles. The number of pyridine rings is 1. The van der Waals surface area contributed by atoms with Crippen LogP contribution in [0.25, 0.3) is 10.9 Å². The first-order valence-electron chi connectivity index (χ1n) is 8.90. The van der Waals surface area contributed by atoms with Crippen LogP contribution in [0.15, 0.2) is 47.3 Å². The maximum Gasteiger partial charge on any atom is 0.251 e. The van der Waals surface area contributed by atoms with E-state index in [1.165, 1.54) is 0 Å². The molecule has 27 heavy (non-hydrogen) atoms. The van der Waals surface area contributed by atoms with Crippen molar-refractivity contribution in [1.29, 1.82) is 0 Å². The Bertz CT molecular complexity index is 1070. The van der Waals surface area contributed by atoms with Crippen LogP contribution in [0.1, 0.15) is 17.5 Å². The Kier molecular flexibility index (Phi) is 4.54. The fourth-order valence-corrected chi connectivity index (χ4v) is 3.14. The molecule has 0 saturated heterocycles. The lowest BCUT2D eigenvalue weighted by molar-refractivity contribution is -0.116. The molecule has 0 radical (unpaired) electrons. The second-order valence-corrected chi connectivity index (χ2v) is 6.62. The minimum atomic E-state index is -0.157. The largest absolute Gasteiger partial charge is 0.486 e. The van der Waals surface area contributed by atoms with Gasteiger partial charge in [-0.05, 0) is 48.6 Å². The van der Waals surface area contributed by atoms with Crippen molar-refractivity contribution in [2.45, 2.75) is 19.8 Å². The maximum atomic E-state index is 12.3. The van der Waals surface area contributed by atoms with Gasteiger partial charge >= 0.3 is 0 Å². The van der Waals surface area contributed by atoms with Gasteiger partial charge in [0.2, 0.25) is 5.91 Å². The summed E-state index contributed by atoms with van der Waals surface area (Å²) in [6.45, 7) is 3.00. The van der Waals surface area contributed by atoms with Crippen molar-refractivity contribution in [3.8, 4) is 11.5 Å². The molecule has 0 unspecified atom stereocenters. The fourth-order valence-electron chi connectivity index (χ4n) is 3.14. The van der Waals surface area contributed by atoms with Crippen LogP contribution < -0.4 is 20.3 Å². The van der Waals surface area contributed by atoms with Crippen LogP contribution in [0.4, 0.5) is 5.69 Å². The Balaban J connectivity index is 1.43. The number of carbonyl (C=O) groups excluding carboxylic acids is 1. The van der Waals surface area contributed by atoms with E-state index in [1.54, 1.807) is 18.2 Å². The Labute approximate surface area is 156 Å². The molecule has 2 N–H and O–H groups in total. The minimum absolute atomic E-state index is 0.153. The van der Waals surface area contributed by atoms with Gasteiger partial charge in [-0.25, -0.2) is 0 Å². The topological polar surface area (TPSA) is 80.4 Å². The molecule has 0 spiro atoms.